The third kappa shape index (κ3) is 6.24. The number of carbonyl (C=O) groups excluding carboxylic acids is 2. The number of carbonyl (C=O) groups is 2. The van der Waals surface area contributed by atoms with Crippen molar-refractivity contribution < 1.29 is 19.1 Å². The lowest BCUT2D eigenvalue weighted by atomic mass is 10.1. The summed E-state index contributed by atoms with van der Waals surface area (Å²) in [4.78, 5) is 23.6. The molecule has 5 nitrogen and oxygen atoms in total. The van der Waals surface area contributed by atoms with Crippen molar-refractivity contribution in [3.8, 4) is 5.75 Å². The summed E-state index contributed by atoms with van der Waals surface area (Å²) in [6.45, 7) is 0.0998. The molecule has 0 spiro atoms. The normalized spacial score (nSPS) is 10.3. The molecule has 138 valence electrons. The molecule has 0 aliphatic carbocycles. The van der Waals surface area contributed by atoms with Crippen molar-refractivity contribution in [2.24, 2.45) is 0 Å². The highest BCUT2D eigenvalue weighted by molar-refractivity contribution is 6.36. The molecule has 0 saturated heterocycles. The molecule has 2 aromatic carbocycles. The van der Waals surface area contributed by atoms with Gasteiger partial charge in [0.2, 0.25) is 0 Å². The lowest BCUT2D eigenvalue weighted by Gasteiger charge is -2.09. The minimum absolute atomic E-state index is 0.0857. The summed E-state index contributed by atoms with van der Waals surface area (Å²) in [6, 6.07) is 12.5. The summed E-state index contributed by atoms with van der Waals surface area (Å²) in [6.07, 6.45) is 0.580. The van der Waals surface area contributed by atoms with E-state index in [1.54, 1.807) is 25.3 Å². The molecule has 1 N–H and O–H groups in total. The van der Waals surface area contributed by atoms with Gasteiger partial charge in [-0.2, -0.15) is 0 Å². The lowest BCUT2D eigenvalue weighted by molar-refractivity contribution is -0.147. The Hall–Kier alpha value is -2.24. The smallest absolute Gasteiger partial charge is 0.310 e. The van der Waals surface area contributed by atoms with Gasteiger partial charge in [-0.1, -0.05) is 41.4 Å². The Morgan fingerprint density at radius 1 is 1.04 bits per heavy atom. The highest BCUT2D eigenvalue weighted by Gasteiger charge is 2.13. The van der Waals surface area contributed by atoms with Gasteiger partial charge in [-0.05, 0) is 36.2 Å². The molecule has 0 saturated carbocycles. The van der Waals surface area contributed by atoms with Gasteiger partial charge in [0, 0.05) is 22.2 Å². The summed E-state index contributed by atoms with van der Waals surface area (Å²) in [7, 11) is 1.61. The fraction of sp³-hybridized carbons (Fsp3) is 0.263. The van der Waals surface area contributed by atoms with Gasteiger partial charge < -0.3 is 14.8 Å². The van der Waals surface area contributed by atoms with Gasteiger partial charge in [0.25, 0.3) is 5.91 Å². The number of benzene rings is 2. The second-order valence-corrected chi connectivity index (χ2v) is 6.30. The molecule has 1 amide bonds. The van der Waals surface area contributed by atoms with E-state index < -0.39 is 5.97 Å². The molecule has 0 aliphatic rings. The monoisotopic (exact) mass is 395 g/mol. The SMILES string of the molecule is COc1ccc(CCNC(=O)COC(=O)Cc2c(Cl)cccc2Cl)cc1. The minimum atomic E-state index is -0.565. The number of esters is 1. The average Bonchev–Trinajstić information content (AvgIpc) is 2.64. The molecular formula is C19H19Cl2NO4. The molecule has 0 fully saturated rings. The Balaban J connectivity index is 1.70. The van der Waals surface area contributed by atoms with Crippen molar-refractivity contribution >= 4 is 35.1 Å². The van der Waals surface area contributed by atoms with Crippen LogP contribution in [0.15, 0.2) is 42.5 Å². The molecule has 2 aromatic rings. The number of amides is 1. The fourth-order valence-corrected chi connectivity index (χ4v) is 2.76. The van der Waals surface area contributed by atoms with Crippen molar-refractivity contribution in [2.45, 2.75) is 12.8 Å². The van der Waals surface area contributed by atoms with E-state index in [4.69, 9.17) is 32.7 Å². The van der Waals surface area contributed by atoms with Crippen LogP contribution in [0.1, 0.15) is 11.1 Å². The van der Waals surface area contributed by atoms with Crippen LogP contribution >= 0.6 is 23.2 Å². The molecule has 0 bridgehead atoms. The standard InChI is InChI=1S/C19H19Cl2NO4/c1-25-14-7-5-13(6-8-14)9-10-22-18(23)12-26-19(24)11-15-16(20)3-2-4-17(15)21/h2-8H,9-12H2,1H3,(H,22,23). The summed E-state index contributed by atoms with van der Waals surface area (Å²) in [5.41, 5.74) is 1.55. The van der Waals surface area contributed by atoms with E-state index in [0.717, 1.165) is 11.3 Å². The van der Waals surface area contributed by atoms with Crippen molar-refractivity contribution in [1.29, 1.82) is 0 Å². The zero-order valence-electron chi connectivity index (χ0n) is 14.3. The van der Waals surface area contributed by atoms with Crippen molar-refractivity contribution in [3.05, 3.63) is 63.6 Å². The highest BCUT2D eigenvalue weighted by atomic mass is 35.5. The maximum atomic E-state index is 11.8. The first-order valence-electron chi connectivity index (χ1n) is 7.97. The van der Waals surface area contributed by atoms with Gasteiger partial charge in [-0.3, -0.25) is 9.59 Å². The van der Waals surface area contributed by atoms with Crippen LogP contribution in [0.2, 0.25) is 10.0 Å². The number of rotatable bonds is 8. The van der Waals surface area contributed by atoms with Crippen LogP contribution in [0.25, 0.3) is 0 Å². The number of ether oxygens (including phenoxy) is 2. The summed E-state index contributed by atoms with van der Waals surface area (Å²) < 4.78 is 10.1. The van der Waals surface area contributed by atoms with Gasteiger partial charge >= 0.3 is 5.97 Å². The Bertz CT molecular complexity index is 742. The van der Waals surface area contributed by atoms with Crippen LogP contribution in [0.5, 0.6) is 5.75 Å². The molecule has 7 heteroatoms. The van der Waals surface area contributed by atoms with Crippen LogP contribution in [0, 0.1) is 0 Å². The number of hydrogen-bond donors (Lipinski definition) is 1. The minimum Gasteiger partial charge on any atom is -0.497 e. The highest BCUT2D eigenvalue weighted by Crippen LogP contribution is 2.24. The number of halogens is 2. The van der Waals surface area contributed by atoms with E-state index in [1.807, 2.05) is 24.3 Å². The van der Waals surface area contributed by atoms with Crippen LogP contribution in [-0.2, 0) is 27.2 Å². The Morgan fingerprint density at radius 2 is 1.69 bits per heavy atom. The molecular weight excluding hydrogens is 377 g/mol. The summed E-state index contributed by atoms with van der Waals surface area (Å²) in [5, 5.41) is 3.48. The van der Waals surface area contributed by atoms with Gasteiger partial charge in [-0.25, -0.2) is 0 Å². The lowest BCUT2D eigenvalue weighted by Crippen LogP contribution is -2.30. The molecule has 0 unspecified atom stereocenters. The third-order valence-corrected chi connectivity index (χ3v) is 4.35. The molecule has 0 aliphatic heterocycles. The van der Waals surface area contributed by atoms with Gasteiger partial charge in [0.15, 0.2) is 6.61 Å². The molecule has 0 heterocycles. The third-order valence-electron chi connectivity index (χ3n) is 3.64. The first kappa shape index (κ1) is 20.1. The van der Waals surface area contributed by atoms with Gasteiger partial charge in [-0.15, -0.1) is 0 Å². The van der Waals surface area contributed by atoms with E-state index in [1.165, 1.54) is 0 Å². The Kier molecular flexibility index (Phi) is 7.75. The molecule has 0 radical (unpaired) electrons. The van der Waals surface area contributed by atoms with E-state index in [2.05, 4.69) is 5.32 Å². The first-order valence-corrected chi connectivity index (χ1v) is 8.73. The Labute approximate surface area is 162 Å². The quantitative estimate of drug-likeness (QED) is 0.695. The molecule has 0 aromatic heterocycles. The molecule has 0 atom stereocenters. The molecule has 26 heavy (non-hydrogen) atoms. The maximum absolute atomic E-state index is 11.8. The maximum Gasteiger partial charge on any atom is 0.310 e. The average molecular weight is 396 g/mol. The topological polar surface area (TPSA) is 64.6 Å². The fourth-order valence-electron chi connectivity index (χ4n) is 2.23. The largest absolute Gasteiger partial charge is 0.497 e. The number of nitrogens with one attached hydrogen (secondary N) is 1. The van der Waals surface area contributed by atoms with Crippen LogP contribution in [-0.4, -0.2) is 32.1 Å². The van der Waals surface area contributed by atoms with Crippen molar-refractivity contribution in [1.82, 2.24) is 5.32 Å². The van der Waals surface area contributed by atoms with Crippen LogP contribution < -0.4 is 10.1 Å². The predicted molar refractivity (Wildman–Crippen MR) is 101 cm³/mol. The summed E-state index contributed by atoms with van der Waals surface area (Å²) >= 11 is 12.0. The number of methoxy groups -OCH3 is 1. The zero-order chi connectivity index (χ0) is 18.9. The van der Waals surface area contributed by atoms with Crippen molar-refractivity contribution in [3.63, 3.8) is 0 Å². The van der Waals surface area contributed by atoms with Crippen LogP contribution in [0.3, 0.4) is 0 Å². The van der Waals surface area contributed by atoms with E-state index in [-0.39, 0.29) is 18.9 Å². The van der Waals surface area contributed by atoms with E-state index >= 15 is 0 Å². The van der Waals surface area contributed by atoms with Gasteiger partial charge in [0.1, 0.15) is 5.75 Å². The van der Waals surface area contributed by atoms with E-state index in [9.17, 15) is 9.59 Å². The van der Waals surface area contributed by atoms with Crippen LogP contribution in [0.4, 0.5) is 0 Å². The zero-order valence-corrected chi connectivity index (χ0v) is 15.8. The second kappa shape index (κ2) is 10.0. The van der Waals surface area contributed by atoms with E-state index in [0.29, 0.717) is 28.6 Å². The second-order valence-electron chi connectivity index (χ2n) is 5.49. The van der Waals surface area contributed by atoms with Gasteiger partial charge in [0.05, 0.1) is 13.5 Å². The first-order chi connectivity index (χ1) is 12.5. The number of hydrogen-bond acceptors (Lipinski definition) is 4. The summed E-state index contributed by atoms with van der Waals surface area (Å²) in [5.74, 6) is -0.147. The van der Waals surface area contributed by atoms with Crippen molar-refractivity contribution in [2.75, 3.05) is 20.3 Å². The Morgan fingerprint density at radius 3 is 2.31 bits per heavy atom. The predicted octanol–water partition coefficient (Wildman–Crippen LogP) is 3.45. The molecule has 2 rings (SSSR count).